The fourth-order valence-electron chi connectivity index (χ4n) is 5.59. The van der Waals surface area contributed by atoms with Gasteiger partial charge in [0.1, 0.15) is 0 Å². The van der Waals surface area contributed by atoms with Gasteiger partial charge in [-0.05, 0) is 60.0 Å². The lowest BCUT2D eigenvalue weighted by Crippen LogP contribution is -2.28. The number of ketones is 1. The number of hydrogen-bond donors (Lipinski definition) is 2. The van der Waals surface area contributed by atoms with Crippen LogP contribution in [0.1, 0.15) is 78.0 Å². The van der Waals surface area contributed by atoms with Crippen LogP contribution in [-0.2, 0) is 12.8 Å². The molecule has 0 aromatic heterocycles. The molecule has 0 bridgehead atoms. The molecule has 0 saturated carbocycles. The van der Waals surface area contributed by atoms with Gasteiger partial charge >= 0.3 is 0 Å². The molecule has 0 fully saturated rings. The lowest BCUT2D eigenvalue weighted by molar-refractivity contribution is 0.103. The molecule has 2 N–H and O–H groups in total. The van der Waals surface area contributed by atoms with E-state index in [0.29, 0.717) is 11.8 Å². The van der Waals surface area contributed by atoms with Crippen molar-refractivity contribution in [3.8, 4) is 0 Å². The van der Waals surface area contributed by atoms with Gasteiger partial charge in [-0.25, -0.2) is 0 Å². The minimum absolute atomic E-state index is 0.109. The molecule has 40 heavy (non-hydrogen) atoms. The maximum absolute atomic E-state index is 13.9. The second-order valence-electron chi connectivity index (χ2n) is 11.3. The molecule has 0 radical (unpaired) electrons. The van der Waals surface area contributed by atoms with Crippen LogP contribution in [0.3, 0.4) is 0 Å². The van der Waals surface area contributed by atoms with Gasteiger partial charge in [0.05, 0.1) is 0 Å². The highest BCUT2D eigenvalue weighted by molar-refractivity contribution is 6.10. The molecule has 0 spiro atoms. The average Bonchev–Trinajstić information content (AvgIpc) is 2.98. The van der Waals surface area contributed by atoms with Crippen LogP contribution in [0.5, 0.6) is 0 Å². The minimum atomic E-state index is 0.109. The summed E-state index contributed by atoms with van der Waals surface area (Å²) in [7, 11) is 0. The minimum Gasteiger partial charge on any atom is -0.309 e. The van der Waals surface area contributed by atoms with Gasteiger partial charge < -0.3 is 10.6 Å². The molecule has 3 heteroatoms. The van der Waals surface area contributed by atoms with E-state index in [-0.39, 0.29) is 17.9 Å². The van der Waals surface area contributed by atoms with Crippen LogP contribution in [0.2, 0.25) is 0 Å². The van der Waals surface area contributed by atoms with Crippen LogP contribution in [0.15, 0.2) is 109 Å². The molecule has 0 aliphatic carbocycles. The number of carbonyl (C=O) groups is 1. The summed E-state index contributed by atoms with van der Waals surface area (Å²) in [6, 6.07) is 38.0. The third-order valence-corrected chi connectivity index (χ3v) is 7.69. The molecule has 0 saturated heterocycles. The Kier molecular flexibility index (Phi) is 10.9. The zero-order chi connectivity index (χ0) is 28.3. The van der Waals surface area contributed by atoms with Crippen molar-refractivity contribution in [3.63, 3.8) is 0 Å². The number of nitrogens with one attached hydrogen (secondary N) is 2. The van der Waals surface area contributed by atoms with Crippen LogP contribution in [0.25, 0.3) is 0 Å². The van der Waals surface area contributed by atoms with Gasteiger partial charge in [0, 0.05) is 23.2 Å². The van der Waals surface area contributed by atoms with Crippen molar-refractivity contribution in [2.24, 2.45) is 11.8 Å². The largest absolute Gasteiger partial charge is 0.309 e. The fraction of sp³-hybridized carbons (Fsp3) is 0.324. The topological polar surface area (TPSA) is 41.1 Å². The number of benzene rings is 4. The Hall–Kier alpha value is -3.53. The molecule has 4 rings (SSSR count). The monoisotopic (exact) mass is 532 g/mol. The van der Waals surface area contributed by atoms with Crippen molar-refractivity contribution in [3.05, 3.63) is 143 Å². The Bertz CT molecular complexity index is 1230. The van der Waals surface area contributed by atoms with E-state index in [1.807, 2.05) is 36.4 Å². The van der Waals surface area contributed by atoms with Gasteiger partial charge in [-0.2, -0.15) is 0 Å². The highest BCUT2D eigenvalue weighted by atomic mass is 16.1. The molecule has 0 heterocycles. The normalized spacial score (nSPS) is 12.9. The summed E-state index contributed by atoms with van der Waals surface area (Å²) < 4.78 is 0. The maximum Gasteiger partial charge on any atom is 0.193 e. The van der Waals surface area contributed by atoms with Crippen molar-refractivity contribution in [1.82, 2.24) is 10.6 Å². The standard InChI is InChI=1S/C37H44N2O/c1-27(2)35(31-17-7-5-8-18-31)38-25-23-29-15-11-13-21-33(29)37(40)34-22-14-12-16-30(34)24-26-39-36(28(3)4)32-19-9-6-10-20-32/h5-22,27-28,35-36,38-39H,23-26H2,1-4H3. The Balaban J connectivity index is 1.44. The molecule has 3 nitrogen and oxygen atoms in total. The molecule has 0 aliphatic heterocycles. The first-order chi connectivity index (χ1) is 19.5. The van der Waals surface area contributed by atoms with Gasteiger partial charge in [-0.15, -0.1) is 0 Å². The fourth-order valence-corrected chi connectivity index (χ4v) is 5.59. The summed E-state index contributed by atoms with van der Waals surface area (Å²) in [6.45, 7) is 10.6. The summed E-state index contributed by atoms with van der Waals surface area (Å²) in [5, 5.41) is 7.49. The van der Waals surface area contributed by atoms with Gasteiger partial charge in [-0.3, -0.25) is 4.79 Å². The lowest BCUT2D eigenvalue weighted by Gasteiger charge is -2.23. The predicted octanol–water partition coefficient (Wildman–Crippen LogP) is 7.98. The maximum atomic E-state index is 13.9. The van der Waals surface area contributed by atoms with Crippen LogP contribution in [-0.4, -0.2) is 18.9 Å². The van der Waals surface area contributed by atoms with E-state index in [1.54, 1.807) is 0 Å². The first-order valence-electron chi connectivity index (χ1n) is 14.7. The summed E-state index contributed by atoms with van der Waals surface area (Å²) in [5.41, 5.74) is 6.39. The van der Waals surface area contributed by atoms with E-state index in [1.165, 1.54) is 11.1 Å². The van der Waals surface area contributed by atoms with E-state index in [0.717, 1.165) is 48.2 Å². The highest BCUT2D eigenvalue weighted by Gasteiger charge is 2.19. The highest BCUT2D eigenvalue weighted by Crippen LogP contribution is 2.24. The Morgan fingerprint density at radius 3 is 1.25 bits per heavy atom. The molecule has 0 amide bonds. The van der Waals surface area contributed by atoms with Crippen LogP contribution in [0.4, 0.5) is 0 Å². The van der Waals surface area contributed by atoms with E-state index in [4.69, 9.17) is 0 Å². The zero-order valence-corrected chi connectivity index (χ0v) is 24.4. The lowest BCUT2D eigenvalue weighted by atomic mass is 9.92. The Morgan fingerprint density at radius 2 is 0.875 bits per heavy atom. The van der Waals surface area contributed by atoms with E-state index >= 15 is 0 Å². The summed E-state index contributed by atoms with van der Waals surface area (Å²) in [6.07, 6.45) is 1.60. The second-order valence-corrected chi connectivity index (χ2v) is 11.3. The van der Waals surface area contributed by atoms with Crippen LogP contribution in [0, 0.1) is 11.8 Å². The number of rotatable bonds is 14. The zero-order valence-electron chi connectivity index (χ0n) is 24.4. The molecule has 4 aromatic carbocycles. The first-order valence-corrected chi connectivity index (χ1v) is 14.7. The molecule has 208 valence electrons. The quantitative estimate of drug-likeness (QED) is 0.162. The van der Waals surface area contributed by atoms with Crippen LogP contribution < -0.4 is 10.6 Å². The second kappa shape index (κ2) is 14.7. The van der Waals surface area contributed by atoms with Crippen molar-refractivity contribution in [2.75, 3.05) is 13.1 Å². The van der Waals surface area contributed by atoms with Crippen molar-refractivity contribution in [2.45, 2.75) is 52.6 Å². The molecule has 4 aromatic rings. The summed E-state index contributed by atoms with van der Waals surface area (Å²) >= 11 is 0. The Morgan fingerprint density at radius 1 is 0.525 bits per heavy atom. The first kappa shape index (κ1) is 29.5. The molecule has 0 aliphatic rings. The van der Waals surface area contributed by atoms with E-state index < -0.39 is 0 Å². The smallest absolute Gasteiger partial charge is 0.193 e. The number of hydrogen-bond acceptors (Lipinski definition) is 3. The predicted molar refractivity (Wildman–Crippen MR) is 168 cm³/mol. The van der Waals surface area contributed by atoms with Gasteiger partial charge in [0.25, 0.3) is 0 Å². The molecular weight excluding hydrogens is 488 g/mol. The van der Waals surface area contributed by atoms with Crippen molar-refractivity contribution in [1.29, 1.82) is 0 Å². The average molecular weight is 533 g/mol. The SMILES string of the molecule is CC(C)C(NCCc1ccccc1C(=O)c1ccccc1CCNC(c1ccccc1)C(C)C)c1ccccc1. The number of carbonyl (C=O) groups excluding carboxylic acids is 1. The van der Waals surface area contributed by atoms with Crippen LogP contribution >= 0.6 is 0 Å². The molecule has 2 atom stereocenters. The third kappa shape index (κ3) is 7.78. The van der Waals surface area contributed by atoms with Gasteiger partial charge in [0.2, 0.25) is 0 Å². The van der Waals surface area contributed by atoms with Crippen molar-refractivity contribution >= 4 is 5.78 Å². The molecular formula is C37H44N2O. The molecule has 2 unspecified atom stereocenters. The van der Waals surface area contributed by atoms with E-state index in [9.17, 15) is 4.79 Å². The summed E-state index contributed by atoms with van der Waals surface area (Å²) in [5.74, 6) is 1.05. The van der Waals surface area contributed by atoms with E-state index in [2.05, 4.69) is 111 Å². The van der Waals surface area contributed by atoms with Gasteiger partial charge in [-0.1, -0.05) is 137 Å². The van der Waals surface area contributed by atoms with Crippen molar-refractivity contribution < 1.29 is 4.79 Å². The summed E-state index contributed by atoms with van der Waals surface area (Å²) in [4.78, 5) is 13.9. The Labute approximate surface area is 241 Å². The van der Waals surface area contributed by atoms with Gasteiger partial charge in [0.15, 0.2) is 5.78 Å². The third-order valence-electron chi connectivity index (χ3n) is 7.69.